The molecule has 150 valence electrons. The molecular weight excluding hydrogens is 348 g/mol. The summed E-state index contributed by atoms with van der Waals surface area (Å²) >= 11 is 0. The van der Waals surface area contributed by atoms with Crippen LogP contribution < -0.4 is 0 Å². The number of carbonyl (C=O) groups excluding carboxylic acids is 2. The fourth-order valence-electron chi connectivity index (χ4n) is 2.96. The summed E-state index contributed by atoms with van der Waals surface area (Å²) in [5, 5.41) is 9.16. The van der Waals surface area contributed by atoms with Crippen molar-refractivity contribution >= 4 is 12.2 Å². The SMILES string of the molecule is CC(C)(C)OC(=O)N1CCN(C(=O)OCc2ccccc2)C(CCCO)C1. The highest BCUT2D eigenvalue weighted by Crippen LogP contribution is 2.19. The fourth-order valence-corrected chi connectivity index (χ4v) is 2.96. The van der Waals surface area contributed by atoms with Crippen molar-refractivity contribution in [1.82, 2.24) is 9.80 Å². The third-order valence-electron chi connectivity index (χ3n) is 4.27. The molecule has 1 atom stereocenters. The molecular formula is C20H30N2O5. The molecule has 2 rings (SSSR count). The largest absolute Gasteiger partial charge is 0.445 e. The highest BCUT2D eigenvalue weighted by Gasteiger charge is 2.34. The molecule has 0 aliphatic carbocycles. The number of rotatable bonds is 5. The first-order chi connectivity index (χ1) is 12.8. The number of hydrogen-bond acceptors (Lipinski definition) is 5. The highest BCUT2D eigenvalue weighted by molar-refractivity contribution is 5.71. The zero-order chi connectivity index (χ0) is 19.9. The van der Waals surface area contributed by atoms with Crippen LogP contribution in [-0.4, -0.2) is 65.0 Å². The molecule has 1 N–H and O–H groups in total. The maximum absolute atomic E-state index is 12.6. The van der Waals surface area contributed by atoms with Crippen molar-refractivity contribution in [2.75, 3.05) is 26.2 Å². The van der Waals surface area contributed by atoms with Crippen LogP contribution in [0.15, 0.2) is 30.3 Å². The minimum absolute atomic E-state index is 0.0375. The van der Waals surface area contributed by atoms with Crippen LogP contribution in [0.25, 0.3) is 0 Å². The van der Waals surface area contributed by atoms with E-state index in [1.807, 2.05) is 51.1 Å². The summed E-state index contributed by atoms with van der Waals surface area (Å²) in [5.74, 6) is 0. The predicted octanol–water partition coefficient (Wildman–Crippen LogP) is 3.02. The Balaban J connectivity index is 1.96. The lowest BCUT2D eigenvalue weighted by atomic mass is 10.1. The zero-order valence-electron chi connectivity index (χ0n) is 16.4. The van der Waals surface area contributed by atoms with Gasteiger partial charge in [-0.2, -0.15) is 0 Å². The summed E-state index contributed by atoms with van der Waals surface area (Å²) in [7, 11) is 0. The molecule has 0 spiro atoms. The van der Waals surface area contributed by atoms with Crippen LogP contribution in [0.4, 0.5) is 9.59 Å². The molecule has 1 saturated heterocycles. The van der Waals surface area contributed by atoms with Gasteiger partial charge in [0.25, 0.3) is 0 Å². The van der Waals surface area contributed by atoms with Crippen molar-refractivity contribution in [3.63, 3.8) is 0 Å². The third-order valence-corrected chi connectivity index (χ3v) is 4.27. The average molecular weight is 378 g/mol. The van der Waals surface area contributed by atoms with Gasteiger partial charge in [-0.1, -0.05) is 30.3 Å². The van der Waals surface area contributed by atoms with Crippen LogP contribution in [-0.2, 0) is 16.1 Å². The van der Waals surface area contributed by atoms with E-state index in [-0.39, 0.29) is 25.3 Å². The van der Waals surface area contributed by atoms with Gasteiger partial charge in [-0.15, -0.1) is 0 Å². The average Bonchev–Trinajstić information content (AvgIpc) is 2.63. The molecule has 0 aromatic heterocycles. The standard InChI is InChI=1S/C20H30N2O5/c1-20(2,3)27-18(24)21-11-12-22(17(14-21)10-7-13-23)19(25)26-15-16-8-5-4-6-9-16/h4-6,8-9,17,23H,7,10-15H2,1-3H3. The first-order valence-electron chi connectivity index (χ1n) is 9.36. The summed E-state index contributed by atoms with van der Waals surface area (Å²) < 4.78 is 10.9. The van der Waals surface area contributed by atoms with Crippen LogP contribution in [0.2, 0.25) is 0 Å². The van der Waals surface area contributed by atoms with E-state index in [4.69, 9.17) is 14.6 Å². The molecule has 0 radical (unpaired) electrons. The van der Waals surface area contributed by atoms with Gasteiger partial charge < -0.3 is 24.4 Å². The normalized spacial score (nSPS) is 17.6. The van der Waals surface area contributed by atoms with Gasteiger partial charge in [-0.3, -0.25) is 0 Å². The summed E-state index contributed by atoms with van der Waals surface area (Å²) in [5.41, 5.74) is 0.355. The molecule has 2 amide bonds. The van der Waals surface area contributed by atoms with Crippen LogP contribution in [0.5, 0.6) is 0 Å². The molecule has 1 aliphatic heterocycles. The van der Waals surface area contributed by atoms with Crippen molar-refractivity contribution in [2.45, 2.75) is 51.9 Å². The van der Waals surface area contributed by atoms with Crippen molar-refractivity contribution in [3.05, 3.63) is 35.9 Å². The van der Waals surface area contributed by atoms with E-state index >= 15 is 0 Å². The maximum atomic E-state index is 12.6. The van der Waals surface area contributed by atoms with Gasteiger partial charge in [0.2, 0.25) is 0 Å². The van der Waals surface area contributed by atoms with Gasteiger partial charge in [0.05, 0.1) is 6.04 Å². The Morgan fingerprint density at radius 1 is 1.15 bits per heavy atom. The van der Waals surface area contributed by atoms with E-state index < -0.39 is 11.7 Å². The molecule has 1 aromatic rings. The molecule has 1 aliphatic rings. The van der Waals surface area contributed by atoms with Gasteiger partial charge in [-0.05, 0) is 39.2 Å². The molecule has 0 bridgehead atoms. The molecule has 1 fully saturated rings. The third kappa shape index (κ3) is 6.75. The Morgan fingerprint density at radius 2 is 1.85 bits per heavy atom. The molecule has 1 heterocycles. The van der Waals surface area contributed by atoms with Gasteiger partial charge >= 0.3 is 12.2 Å². The Morgan fingerprint density at radius 3 is 2.48 bits per heavy atom. The lowest BCUT2D eigenvalue weighted by Gasteiger charge is -2.41. The summed E-state index contributed by atoms with van der Waals surface area (Å²) in [6.45, 7) is 6.86. The lowest BCUT2D eigenvalue weighted by Crippen LogP contribution is -2.57. The van der Waals surface area contributed by atoms with Gasteiger partial charge in [0.1, 0.15) is 12.2 Å². The van der Waals surface area contributed by atoms with Crippen molar-refractivity contribution in [3.8, 4) is 0 Å². The van der Waals surface area contributed by atoms with E-state index in [0.29, 0.717) is 32.5 Å². The quantitative estimate of drug-likeness (QED) is 0.852. The first-order valence-corrected chi connectivity index (χ1v) is 9.36. The zero-order valence-corrected chi connectivity index (χ0v) is 16.4. The van der Waals surface area contributed by atoms with E-state index in [9.17, 15) is 9.59 Å². The monoisotopic (exact) mass is 378 g/mol. The minimum Gasteiger partial charge on any atom is -0.445 e. The Kier molecular flexibility index (Phi) is 7.47. The highest BCUT2D eigenvalue weighted by atomic mass is 16.6. The van der Waals surface area contributed by atoms with Crippen LogP contribution in [0, 0.1) is 0 Å². The van der Waals surface area contributed by atoms with Crippen LogP contribution in [0.1, 0.15) is 39.2 Å². The Bertz CT molecular complexity index is 615. The predicted molar refractivity (Wildman–Crippen MR) is 101 cm³/mol. The van der Waals surface area contributed by atoms with Crippen molar-refractivity contribution < 1.29 is 24.2 Å². The number of amides is 2. The lowest BCUT2D eigenvalue weighted by molar-refractivity contribution is -0.000533. The second-order valence-corrected chi connectivity index (χ2v) is 7.68. The summed E-state index contributed by atoms with van der Waals surface area (Å²) in [6.07, 6.45) is 0.366. The number of ether oxygens (including phenoxy) is 2. The number of aliphatic hydroxyl groups is 1. The topological polar surface area (TPSA) is 79.3 Å². The Labute approximate surface area is 160 Å². The molecule has 1 unspecified atom stereocenters. The summed E-state index contributed by atoms with van der Waals surface area (Å²) in [6, 6.07) is 9.29. The van der Waals surface area contributed by atoms with Crippen molar-refractivity contribution in [2.24, 2.45) is 0 Å². The van der Waals surface area contributed by atoms with E-state index in [1.165, 1.54) is 0 Å². The molecule has 0 saturated carbocycles. The molecule has 1 aromatic carbocycles. The first kappa shape index (κ1) is 21.0. The number of piperazine rings is 1. The molecule has 27 heavy (non-hydrogen) atoms. The Hall–Kier alpha value is -2.28. The second kappa shape index (κ2) is 9.60. The smallest absolute Gasteiger partial charge is 0.410 e. The molecule has 7 heteroatoms. The number of hydrogen-bond donors (Lipinski definition) is 1. The van der Waals surface area contributed by atoms with Gasteiger partial charge in [0.15, 0.2) is 0 Å². The molecule has 7 nitrogen and oxygen atoms in total. The van der Waals surface area contributed by atoms with E-state index in [2.05, 4.69) is 0 Å². The van der Waals surface area contributed by atoms with E-state index in [0.717, 1.165) is 5.56 Å². The number of aliphatic hydroxyl groups excluding tert-OH is 1. The van der Waals surface area contributed by atoms with Gasteiger partial charge in [0, 0.05) is 26.2 Å². The number of carbonyl (C=O) groups is 2. The number of benzene rings is 1. The van der Waals surface area contributed by atoms with E-state index in [1.54, 1.807) is 9.80 Å². The van der Waals surface area contributed by atoms with Crippen LogP contribution in [0.3, 0.4) is 0 Å². The second-order valence-electron chi connectivity index (χ2n) is 7.68. The van der Waals surface area contributed by atoms with Crippen molar-refractivity contribution in [1.29, 1.82) is 0 Å². The number of nitrogens with zero attached hydrogens (tertiary/aromatic N) is 2. The summed E-state index contributed by atoms with van der Waals surface area (Å²) in [4.78, 5) is 28.2. The van der Waals surface area contributed by atoms with Crippen LogP contribution >= 0.6 is 0 Å². The van der Waals surface area contributed by atoms with Gasteiger partial charge in [-0.25, -0.2) is 9.59 Å². The fraction of sp³-hybridized carbons (Fsp3) is 0.600. The minimum atomic E-state index is -0.566. The maximum Gasteiger partial charge on any atom is 0.410 e.